The summed E-state index contributed by atoms with van der Waals surface area (Å²) in [6.07, 6.45) is 6.11. The highest BCUT2D eigenvalue weighted by Gasteiger charge is 2.30. The van der Waals surface area contributed by atoms with Gasteiger partial charge in [-0.3, -0.25) is 0 Å². The molecule has 1 saturated carbocycles. The highest BCUT2D eigenvalue weighted by Crippen LogP contribution is 2.38. The number of thioether (sulfide) groups is 1. The van der Waals surface area contributed by atoms with Crippen LogP contribution in [0.3, 0.4) is 0 Å². The maximum atomic E-state index is 13.4. The number of rotatable bonds is 6. The summed E-state index contributed by atoms with van der Waals surface area (Å²) in [6, 6.07) is 4.72. The van der Waals surface area contributed by atoms with Crippen LogP contribution in [0.2, 0.25) is 0 Å². The first-order valence-corrected chi connectivity index (χ1v) is 8.87. The molecule has 1 nitrogen and oxygen atoms in total. The fourth-order valence-corrected chi connectivity index (χ4v) is 4.67. The normalized spacial score (nSPS) is 26.0. The van der Waals surface area contributed by atoms with Crippen molar-refractivity contribution < 1.29 is 8.78 Å². The van der Waals surface area contributed by atoms with E-state index >= 15 is 0 Å². The minimum Gasteiger partial charge on any atom is -0.313 e. The molecule has 2 rings (SSSR count). The van der Waals surface area contributed by atoms with E-state index < -0.39 is 11.6 Å². The number of hydrogen-bond donors (Lipinski definition) is 1. The van der Waals surface area contributed by atoms with E-state index in [-0.39, 0.29) is 0 Å². The summed E-state index contributed by atoms with van der Waals surface area (Å²) in [6.45, 7) is 5.31. The Morgan fingerprint density at radius 3 is 2.67 bits per heavy atom. The largest absolute Gasteiger partial charge is 0.313 e. The van der Waals surface area contributed by atoms with Crippen molar-refractivity contribution in [1.82, 2.24) is 5.32 Å². The summed E-state index contributed by atoms with van der Waals surface area (Å²) in [5.41, 5.74) is 0. The van der Waals surface area contributed by atoms with Gasteiger partial charge in [0.1, 0.15) is 0 Å². The zero-order valence-corrected chi connectivity index (χ0v) is 13.7. The van der Waals surface area contributed by atoms with Gasteiger partial charge in [-0.15, -0.1) is 11.8 Å². The minimum absolute atomic E-state index is 0.445. The Morgan fingerprint density at radius 1 is 1.19 bits per heavy atom. The highest BCUT2D eigenvalue weighted by atomic mass is 32.2. The molecule has 0 radical (unpaired) electrons. The Balaban J connectivity index is 2.05. The third kappa shape index (κ3) is 4.68. The second-order valence-electron chi connectivity index (χ2n) is 5.86. The fourth-order valence-electron chi connectivity index (χ4n) is 3.23. The van der Waals surface area contributed by atoms with Gasteiger partial charge in [0.05, 0.1) is 0 Å². The molecule has 0 bridgehead atoms. The summed E-state index contributed by atoms with van der Waals surface area (Å²) in [7, 11) is 0. The lowest BCUT2D eigenvalue weighted by Gasteiger charge is -2.36. The molecular weight excluding hydrogens is 288 g/mol. The van der Waals surface area contributed by atoms with E-state index in [2.05, 4.69) is 19.2 Å². The molecule has 1 fully saturated rings. The molecule has 0 aromatic heterocycles. The molecule has 3 atom stereocenters. The van der Waals surface area contributed by atoms with Gasteiger partial charge in [0.25, 0.3) is 0 Å². The maximum absolute atomic E-state index is 13.4. The van der Waals surface area contributed by atoms with Crippen LogP contribution in [0.25, 0.3) is 0 Å². The van der Waals surface area contributed by atoms with Gasteiger partial charge in [0, 0.05) is 16.2 Å². The molecule has 1 aliphatic carbocycles. The standard InChI is InChI=1S/C17H25F2NS/c1-3-5-12-6-9-16(20-4-2)17(10-12)21-13-7-8-14(18)15(19)11-13/h7-8,11-12,16-17,20H,3-6,9-10H2,1-2H3. The van der Waals surface area contributed by atoms with E-state index in [0.29, 0.717) is 11.3 Å². The van der Waals surface area contributed by atoms with Crippen molar-refractivity contribution >= 4 is 11.8 Å². The monoisotopic (exact) mass is 313 g/mol. The van der Waals surface area contributed by atoms with Crippen LogP contribution in [0.1, 0.15) is 46.0 Å². The van der Waals surface area contributed by atoms with Gasteiger partial charge < -0.3 is 5.32 Å². The van der Waals surface area contributed by atoms with Crippen LogP contribution in [0.5, 0.6) is 0 Å². The number of halogens is 2. The van der Waals surface area contributed by atoms with Crippen LogP contribution in [0.15, 0.2) is 23.1 Å². The van der Waals surface area contributed by atoms with Crippen molar-refractivity contribution in [2.24, 2.45) is 5.92 Å². The Hall–Kier alpha value is -0.610. The highest BCUT2D eigenvalue weighted by molar-refractivity contribution is 8.00. The zero-order chi connectivity index (χ0) is 15.2. The molecule has 4 heteroatoms. The number of hydrogen-bond acceptors (Lipinski definition) is 2. The predicted molar refractivity (Wildman–Crippen MR) is 85.7 cm³/mol. The van der Waals surface area contributed by atoms with Gasteiger partial charge in [-0.1, -0.05) is 26.7 Å². The average Bonchev–Trinajstić information content (AvgIpc) is 2.46. The maximum Gasteiger partial charge on any atom is 0.159 e. The molecule has 1 aromatic rings. The molecule has 3 unspecified atom stereocenters. The molecule has 1 aliphatic rings. The molecule has 0 aliphatic heterocycles. The van der Waals surface area contributed by atoms with Gasteiger partial charge in [-0.2, -0.15) is 0 Å². The minimum atomic E-state index is -0.768. The molecule has 21 heavy (non-hydrogen) atoms. The van der Waals surface area contributed by atoms with Crippen LogP contribution >= 0.6 is 11.8 Å². The molecule has 0 amide bonds. The third-order valence-electron chi connectivity index (χ3n) is 4.24. The zero-order valence-electron chi connectivity index (χ0n) is 12.9. The number of benzene rings is 1. The van der Waals surface area contributed by atoms with Crippen LogP contribution in [0, 0.1) is 17.6 Å². The lowest BCUT2D eigenvalue weighted by atomic mass is 9.83. The fraction of sp³-hybridized carbons (Fsp3) is 0.647. The molecule has 0 heterocycles. The van der Waals surface area contributed by atoms with Crippen LogP contribution in [-0.2, 0) is 0 Å². The van der Waals surface area contributed by atoms with Crippen LogP contribution in [0.4, 0.5) is 8.78 Å². The summed E-state index contributed by atoms with van der Waals surface area (Å²) >= 11 is 1.70. The average molecular weight is 313 g/mol. The molecule has 1 N–H and O–H groups in total. The summed E-state index contributed by atoms with van der Waals surface area (Å²) in [5, 5.41) is 4.00. The molecule has 0 spiro atoms. The predicted octanol–water partition coefficient (Wildman–Crippen LogP) is 5.00. The van der Waals surface area contributed by atoms with Gasteiger partial charge in [-0.25, -0.2) is 8.78 Å². The summed E-state index contributed by atoms with van der Waals surface area (Å²) < 4.78 is 26.4. The van der Waals surface area contributed by atoms with Crippen molar-refractivity contribution in [2.45, 2.75) is 62.1 Å². The van der Waals surface area contributed by atoms with E-state index in [4.69, 9.17) is 0 Å². The SMILES string of the molecule is CCCC1CCC(NCC)C(Sc2ccc(F)c(F)c2)C1. The van der Waals surface area contributed by atoms with Crippen molar-refractivity contribution in [3.63, 3.8) is 0 Å². The van der Waals surface area contributed by atoms with Crippen molar-refractivity contribution in [3.05, 3.63) is 29.8 Å². The van der Waals surface area contributed by atoms with E-state index in [1.807, 2.05) is 0 Å². The van der Waals surface area contributed by atoms with Gasteiger partial charge in [-0.05, 0) is 49.9 Å². The quantitative estimate of drug-likeness (QED) is 0.793. The Morgan fingerprint density at radius 2 is 2.00 bits per heavy atom. The molecule has 1 aromatic carbocycles. The van der Waals surface area contributed by atoms with Crippen molar-refractivity contribution in [3.8, 4) is 0 Å². The van der Waals surface area contributed by atoms with E-state index in [1.165, 1.54) is 37.8 Å². The Bertz CT molecular complexity index is 452. The van der Waals surface area contributed by atoms with Gasteiger partial charge in [0.15, 0.2) is 11.6 Å². The van der Waals surface area contributed by atoms with Crippen molar-refractivity contribution in [1.29, 1.82) is 0 Å². The first-order chi connectivity index (χ1) is 10.1. The Kier molecular flexibility index (Phi) is 6.49. The summed E-state index contributed by atoms with van der Waals surface area (Å²) in [4.78, 5) is 0.832. The molecule has 118 valence electrons. The van der Waals surface area contributed by atoms with Crippen molar-refractivity contribution in [2.75, 3.05) is 6.54 Å². The smallest absolute Gasteiger partial charge is 0.159 e. The summed E-state index contributed by atoms with van der Waals surface area (Å²) in [5.74, 6) is -0.747. The third-order valence-corrected chi connectivity index (χ3v) is 5.59. The van der Waals surface area contributed by atoms with Crippen LogP contribution < -0.4 is 5.32 Å². The second kappa shape index (κ2) is 8.14. The van der Waals surface area contributed by atoms with E-state index in [1.54, 1.807) is 17.8 Å². The van der Waals surface area contributed by atoms with Gasteiger partial charge >= 0.3 is 0 Å². The Labute approximate surface area is 130 Å². The lowest BCUT2D eigenvalue weighted by Crippen LogP contribution is -2.42. The first kappa shape index (κ1) is 16.8. The lowest BCUT2D eigenvalue weighted by molar-refractivity contribution is 0.289. The van der Waals surface area contributed by atoms with E-state index in [9.17, 15) is 8.78 Å². The second-order valence-corrected chi connectivity index (χ2v) is 7.18. The molecular formula is C17H25F2NS. The molecule has 0 saturated heterocycles. The topological polar surface area (TPSA) is 12.0 Å². The van der Waals surface area contributed by atoms with Crippen LogP contribution in [-0.4, -0.2) is 17.8 Å². The number of nitrogens with one attached hydrogen (secondary N) is 1. The van der Waals surface area contributed by atoms with Gasteiger partial charge in [0.2, 0.25) is 0 Å². The first-order valence-electron chi connectivity index (χ1n) is 7.99. The van der Waals surface area contributed by atoms with E-state index in [0.717, 1.165) is 23.8 Å².